The topological polar surface area (TPSA) is 35.5 Å². The molecule has 4 heteroatoms. The summed E-state index contributed by atoms with van der Waals surface area (Å²) in [6.07, 6.45) is 2.24. The molecule has 0 spiro atoms. The molecule has 0 aliphatic carbocycles. The van der Waals surface area contributed by atoms with Crippen LogP contribution in [0.15, 0.2) is 18.2 Å². The number of nitrogens with zero attached hydrogens (tertiary/aromatic N) is 1. The minimum atomic E-state index is 0.269. The van der Waals surface area contributed by atoms with E-state index >= 15 is 0 Å². The van der Waals surface area contributed by atoms with E-state index in [0.29, 0.717) is 11.8 Å². The highest BCUT2D eigenvalue weighted by molar-refractivity contribution is 6.33. The lowest BCUT2D eigenvalue weighted by Gasteiger charge is -2.34. The molecule has 0 amide bonds. The number of aliphatic hydroxyl groups is 1. The molecule has 1 fully saturated rings. The minimum absolute atomic E-state index is 0.269. The Morgan fingerprint density at radius 3 is 2.90 bits per heavy atom. The molecule has 1 aliphatic heterocycles. The number of piperidine rings is 1. The molecule has 1 saturated heterocycles. The van der Waals surface area contributed by atoms with E-state index in [4.69, 9.17) is 11.6 Å². The van der Waals surface area contributed by atoms with Gasteiger partial charge in [0.05, 0.1) is 10.7 Å². The van der Waals surface area contributed by atoms with Crippen molar-refractivity contribution in [2.24, 2.45) is 11.8 Å². The molecule has 1 aromatic rings. The summed E-state index contributed by atoms with van der Waals surface area (Å²) in [5.41, 5.74) is 2.32. The van der Waals surface area contributed by atoms with Crippen LogP contribution in [0.5, 0.6) is 0 Å². The van der Waals surface area contributed by atoms with Gasteiger partial charge in [-0.05, 0) is 48.9 Å². The number of hydrogen-bond acceptors (Lipinski definition) is 3. The van der Waals surface area contributed by atoms with Gasteiger partial charge in [0.1, 0.15) is 0 Å². The third-order valence-electron chi connectivity index (χ3n) is 4.01. The van der Waals surface area contributed by atoms with E-state index in [-0.39, 0.29) is 6.61 Å². The van der Waals surface area contributed by atoms with Gasteiger partial charge in [-0.2, -0.15) is 0 Å². The van der Waals surface area contributed by atoms with E-state index in [2.05, 4.69) is 42.3 Å². The van der Waals surface area contributed by atoms with Crippen molar-refractivity contribution < 1.29 is 5.11 Å². The summed E-state index contributed by atoms with van der Waals surface area (Å²) in [4.78, 5) is 2.30. The molecule has 2 rings (SSSR count). The van der Waals surface area contributed by atoms with Crippen LogP contribution in [-0.4, -0.2) is 31.3 Å². The lowest BCUT2D eigenvalue weighted by Crippen LogP contribution is -2.36. The van der Waals surface area contributed by atoms with Crippen LogP contribution in [0.4, 0.5) is 5.69 Å². The molecule has 1 aliphatic rings. The molecular formula is C17H27ClN2O. The van der Waals surface area contributed by atoms with Gasteiger partial charge < -0.3 is 15.3 Å². The van der Waals surface area contributed by atoms with Gasteiger partial charge in [0.25, 0.3) is 0 Å². The zero-order valence-electron chi connectivity index (χ0n) is 13.1. The maximum atomic E-state index is 9.34. The highest BCUT2D eigenvalue weighted by atomic mass is 35.5. The molecule has 0 radical (unpaired) electrons. The molecule has 0 aromatic heterocycles. The summed E-state index contributed by atoms with van der Waals surface area (Å²) in [7, 11) is 0. The predicted octanol–water partition coefficient (Wildman–Crippen LogP) is 3.29. The summed E-state index contributed by atoms with van der Waals surface area (Å²) >= 11 is 6.46. The highest BCUT2D eigenvalue weighted by Crippen LogP contribution is 2.30. The molecular weight excluding hydrogens is 284 g/mol. The van der Waals surface area contributed by atoms with E-state index in [9.17, 15) is 5.11 Å². The molecule has 0 saturated carbocycles. The van der Waals surface area contributed by atoms with Crippen LogP contribution in [0, 0.1) is 11.8 Å². The molecule has 1 aromatic carbocycles. The van der Waals surface area contributed by atoms with Gasteiger partial charge >= 0.3 is 0 Å². The molecule has 1 unspecified atom stereocenters. The first-order chi connectivity index (χ1) is 10.1. The van der Waals surface area contributed by atoms with Crippen molar-refractivity contribution in [1.82, 2.24) is 5.32 Å². The van der Waals surface area contributed by atoms with E-state index in [1.54, 1.807) is 0 Å². The second-order valence-corrected chi connectivity index (χ2v) is 6.85. The second-order valence-electron chi connectivity index (χ2n) is 6.45. The van der Waals surface area contributed by atoms with Gasteiger partial charge in [-0.1, -0.05) is 31.5 Å². The molecule has 118 valence electrons. The Labute approximate surface area is 133 Å². The van der Waals surface area contributed by atoms with Crippen LogP contribution >= 0.6 is 11.6 Å². The smallest absolute Gasteiger partial charge is 0.0642 e. The number of aliphatic hydroxyl groups excluding tert-OH is 1. The molecule has 2 N–H and O–H groups in total. The summed E-state index contributed by atoms with van der Waals surface area (Å²) in [5, 5.41) is 13.6. The fourth-order valence-electron chi connectivity index (χ4n) is 2.85. The van der Waals surface area contributed by atoms with Crippen molar-refractivity contribution in [2.75, 3.05) is 31.1 Å². The minimum Gasteiger partial charge on any atom is -0.396 e. The first kappa shape index (κ1) is 16.6. The fourth-order valence-corrected chi connectivity index (χ4v) is 3.18. The van der Waals surface area contributed by atoms with Gasteiger partial charge in [-0.25, -0.2) is 0 Å². The van der Waals surface area contributed by atoms with Crippen LogP contribution < -0.4 is 10.2 Å². The van der Waals surface area contributed by atoms with Crippen LogP contribution in [0.3, 0.4) is 0 Å². The molecule has 21 heavy (non-hydrogen) atoms. The Morgan fingerprint density at radius 1 is 1.43 bits per heavy atom. The van der Waals surface area contributed by atoms with Crippen LogP contribution in [-0.2, 0) is 6.54 Å². The molecule has 0 bridgehead atoms. The second kappa shape index (κ2) is 8.02. The van der Waals surface area contributed by atoms with Crippen molar-refractivity contribution in [3.63, 3.8) is 0 Å². The lowest BCUT2D eigenvalue weighted by molar-refractivity contribution is 0.209. The highest BCUT2D eigenvalue weighted by Gasteiger charge is 2.20. The maximum absolute atomic E-state index is 9.34. The third kappa shape index (κ3) is 4.87. The van der Waals surface area contributed by atoms with Crippen LogP contribution in [0.2, 0.25) is 5.02 Å². The number of hydrogen-bond donors (Lipinski definition) is 2. The molecule has 3 nitrogen and oxygen atoms in total. The molecule has 1 atom stereocenters. The van der Waals surface area contributed by atoms with Gasteiger partial charge in [0.2, 0.25) is 0 Å². The van der Waals surface area contributed by atoms with Crippen molar-refractivity contribution in [2.45, 2.75) is 33.2 Å². The quantitative estimate of drug-likeness (QED) is 0.846. The number of halogens is 1. The summed E-state index contributed by atoms with van der Waals surface area (Å²) in [5.74, 6) is 1.03. The SMILES string of the molecule is CC(C)CNCc1ccc(N2CCCC(CO)C2)c(Cl)c1. The summed E-state index contributed by atoms with van der Waals surface area (Å²) < 4.78 is 0. The van der Waals surface area contributed by atoms with Crippen molar-refractivity contribution in [1.29, 1.82) is 0 Å². The van der Waals surface area contributed by atoms with Gasteiger partial charge in [0, 0.05) is 26.2 Å². The number of nitrogens with one attached hydrogen (secondary N) is 1. The number of benzene rings is 1. The average molecular weight is 311 g/mol. The number of anilines is 1. The van der Waals surface area contributed by atoms with Gasteiger partial charge in [-0.3, -0.25) is 0 Å². The predicted molar refractivity (Wildman–Crippen MR) is 90.0 cm³/mol. The van der Waals surface area contributed by atoms with Gasteiger partial charge in [-0.15, -0.1) is 0 Å². The average Bonchev–Trinajstić information content (AvgIpc) is 2.47. The van der Waals surface area contributed by atoms with E-state index in [0.717, 1.165) is 49.7 Å². The largest absolute Gasteiger partial charge is 0.396 e. The normalized spacial score (nSPS) is 19.3. The zero-order valence-corrected chi connectivity index (χ0v) is 13.9. The Morgan fingerprint density at radius 2 is 2.24 bits per heavy atom. The Hall–Kier alpha value is -0.770. The summed E-state index contributed by atoms with van der Waals surface area (Å²) in [6, 6.07) is 6.33. The Balaban J connectivity index is 1.98. The van der Waals surface area contributed by atoms with E-state index in [1.807, 2.05) is 0 Å². The third-order valence-corrected chi connectivity index (χ3v) is 4.31. The van der Waals surface area contributed by atoms with Crippen molar-refractivity contribution in [3.8, 4) is 0 Å². The van der Waals surface area contributed by atoms with E-state index in [1.165, 1.54) is 5.56 Å². The lowest BCUT2D eigenvalue weighted by atomic mass is 9.98. The van der Waals surface area contributed by atoms with E-state index < -0.39 is 0 Å². The molecule has 1 heterocycles. The fraction of sp³-hybridized carbons (Fsp3) is 0.647. The van der Waals surface area contributed by atoms with Crippen LogP contribution in [0.25, 0.3) is 0 Å². The monoisotopic (exact) mass is 310 g/mol. The first-order valence-electron chi connectivity index (χ1n) is 7.95. The van der Waals surface area contributed by atoms with Crippen LogP contribution in [0.1, 0.15) is 32.3 Å². The summed E-state index contributed by atoms with van der Waals surface area (Å²) in [6.45, 7) is 8.49. The maximum Gasteiger partial charge on any atom is 0.0642 e. The number of rotatable bonds is 6. The zero-order chi connectivity index (χ0) is 15.2. The van der Waals surface area contributed by atoms with Crippen molar-refractivity contribution in [3.05, 3.63) is 28.8 Å². The first-order valence-corrected chi connectivity index (χ1v) is 8.33. The Kier molecular flexibility index (Phi) is 6.34. The standard InChI is InChI=1S/C17H27ClN2O/c1-13(2)9-19-10-14-5-6-17(16(18)8-14)20-7-3-4-15(11-20)12-21/h5-6,8,13,15,19,21H,3-4,7,9-12H2,1-2H3. The van der Waals surface area contributed by atoms with Gasteiger partial charge in [0.15, 0.2) is 0 Å². The van der Waals surface area contributed by atoms with Crippen molar-refractivity contribution >= 4 is 17.3 Å². The Bertz CT molecular complexity index is 450.